The van der Waals surface area contributed by atoms with Gasteiger partial charge in [-0.3, -0.25) is 14.4 Å². The fraction of sp³-hybridized carbons (Fsp3) is 0.308. The molecule has 2 amide bonds. The maximum Gasteiger partial charge on any atom is 0.322 e. The zero-order valence-electron chi connectivity index (χ0n) is 10.8. The summed E-state index contributed by atoms with van der Waals surface area (Å²) in [6.45, 7) is -0.652. The number of rotatable bonds is 8. The zero-order valence-corrected chi connectivity index (χ0v) is 11.6. The lowest BCUT2D eigenvalue weighted by molar-refractivity contribution is -0.137. The fourth-order valence-electron chi connectivity index (χ4n) is 1.28. The van der Waals surface area contributed by atoms with Crippen LogP contribution in [0.25, 0.3) is 0 Å². The summed E-state index contributed by atoms with van der Waals surface area (Å²) in [6, 6.07) is 9.70. The van der Waals surface area contributed by atoms with Gasteiger partial charge < -0.3 is 15.7 Å². The normalized spacial score (nSPS) is 9.80. The third-order valence-electron chi connectivity index (χ3n) is 2.22. The first kappa shape index (κ1) is 16.0. The molecule has 0 aliphatic carbocycles. The van der Waals surface area contributed by atoms with Crippen molar-refractivity contribution in [3.05, 3.63) is 30.3 Å². The van der Waals surface area contributed by atoms with Gasteiger partial charge in [0.25, 0.3) is 0 Å². The average Bonchev–Trinajstić information content (AvgIpc) is 2.44. The lowest BCUT2D eigenvalue weighted by Crippen LogP contribution is -2.39. The zero-order chi connectivity index (χ0) is 14.8. The minimum absolute atomic E-state index is 0.206. The first-order valence-electron chi connectivity index (χ1n) is 6.01. The Morgan fingerprint density at radius 2 is 1.65 bits per heavy atom. The Morgan fingerprint density at radius 3 is 2.30 bits per heavy atom. The van der Waals surface area contributed by atoms with Gasteiger partial charge in [0.2, 0.25) is 11.8 Å². The summed E-state index contributed by atoms with van der Waals surface area (Å²) in [4.78, 5) is 33.9. The minimum Gasteiger partial charge on any atom is -0.480 e. The second-order valence-corrected chi connectivity index (χ2v) is 5.03. The van der Waals surface area contributed by atoms with Gasteiger partial charge in [-0.15, -0.1) is 11.8 Å². The molecule has 0 saturated carbocycles. The van der Waals surface area contributed by atoms with E-state index in [1.165, 1.54) is 0 Å². The highest BCUT2D eigenvalue weighted by Crippen LogP contribution is 2.17. The summed E-state index contributed by atoms with van der Waals surface area (Å²) in [5.41, 5.74) is 0. The smallest absolute Gasteiger partial charge is 0.322 e. The van der Waals surface area contributed by atoms with Crippen molar-refractivity contribution in [2.45, 2.75) is 11.3 Å². The van der Waals surface area contributed by atoms with Crippen molar-refractivity contribution >= 4 is 29.5 Å². The molecule has 1 aromatic rings. The van der Waals surface area contributed by atoms with Gasteiger partial charge in [-0.1, -0.05) is 18.2 Å². The Labute approximate surface area is 120 Å². The molecule has 1 aromatic carbocycles. The van der Waals surface area contributed by atoms with E-state index >= 15 is 0 Å². The number of nitrogens with one attached hydrogen (secondary N) is 2. The van der Waals surface area contributed by atoms with E-state index in [0.717, 1.165) is 4.90 Å². The maximum absolute atomic E-state index is 11.5. The molecule has 0 spiro atoms. The molecule has 0 atom stereocenters. The van der Waals surface area contributed by atoms with Crippen molar-refractivity contribution in [2.24, 2.45) is 0 Å². The van der Waals surface area contributed by atoms with Crippen molar-refractivity contribution in [3.63, 3.8) is 0 Å². The number of carboxylic acids is 1. The topological polar surface area (TPSA) is 95.5 Å². The minimum atomic E-state index is -1.12. The molecule has 0 unspecified atom stereocenters. The van der Waals surface area contributed by atoms with Gasteiger partial charge in [-0.2, -0.15) is 0 Å². The highest BCUT2D eigenvalue weighted by Gasteiger charge is 2.06. The summed E-state index contributed by atoms with van der Waals surface area (Å²) in [7, 11) is 0. The van der Waals surface area contributed by atoms with E-state index in [0.29, 0.717) is 12.2 Å². The third-order valence-corrected chi connectivity index (χ3v) is 3.24. The van der Waals surface area contributed by atoms with Crippen LogP contribution < -0.4 is 10.6 Å². The Bertz CT molecular complexity index is 465. The number of benzene rings is 1. The molecule has 0 saturated heterocycles. The van der Waals surface area contributed by atoms with Crippen LogP contribution in [0.2, 0.25) is 0 Å². The number of amides is 2. The SMILES string of the molecule is O=C(O)CNC(=O)CNC(=O)CCSc1ccccc1. The van der Waals surface area contributed by atoms with Crippen molar-refractivity contribution in [2.75, 3.05) is 18.8 Å². The second kappa shape index (κ2) is 8.98. The van der Waals surface area contributed by atoms with Gasteiger partial charge in [0.15, 0.2) is 0 Å². The van der Waals surface area contributed by atoms with Crippen LogP contribution in [0.15, 0.2) is 35.2 Å². The summed E-state index contributed by atoms with van der Waals surface area (Å²) in [5, 5.41) is 13.0. The molecular formula is C13H16N2O4S. The number of hydrogen-bond donors (Lipinski definition) is 3. The highest BCUT2D eigenvalue weighted by atomic mass is 32.2. The molecule has 0 heterocycles. The van der Waals surface area contributed by atoms with E-state index in [1.807, 2.05) is 30.3 Å². The quantitative estimate of drug-likeness (QED) is 0.607. The van der Waals surface area contributed by atoms with Crippen LogP contribution in [0, 0.1) is 0 Å². The lowest BCUT2D eigenvalue weighted by atomic mass is 10.4. The third kappa shape index (κ3) is 7.42. The monoisotopic (exact) mass is 296 g/mol. The molecule has 0 aliphatic heterocycles. The maximum atomic E-state index is 11.5. The van der Waals surface area contributed by atoms with Gasteiger partial charge in [-0.05, 0) is 12.1 Å². The fourth-order valence-corrected chi connectivity index (χ4v) is 2.15. The van der Waals surface area contributed by atoms with Crippen molar-refractivity contribution in [1.29, 1.82) is 0 Å². The molecule has 6 nitrogen and oxygen atoms in total. The first-order chi connectivity index (χ1) is 9.58. The molecule has 108 valence electrons. The van der Waals surface area contributed by atoms with Gasteiger partial charge >= 0.3 is 5.97 Å². The van der Waals surface area contributed by atoms with Gasteiger partial charge in [-0.25, -0.2) is 0 Å². The standard InChI is InChI=1S/C13H16N2O4S/c16-11(14-8-12(17)15-9-13(18)19)6-7-20-10-4-2-1-3-5-10/h1-5H,6-9H2,(H,14,16)(H,15,17)(H,18,19). The molecule has 7 heteroatoms. The number of hydrogen-bond acceptors (Lipinski definition) is 4. The second-order valence-electron chi connectivity index (χ2n) is 3.86. The molecule has 0 aliphatic rings. The Morgan fingerprint density at radius 1 is 1.00 bits per heavy atom. The molecule has 0 fully saturated rings. The predicted octanol–water partition coefficient (Wildman–Crippen LogP) is 0.486. The number of carbonyl (C=O) groups excluding carboxylic acids is 2. The summed E-state index contributed by atoms with van der Waals surface area (Å²) in [6.07, 6.45) is 0.297. The summed E-state index contributed by atoms with van der Waals surface area (Å²) in [5.74, 6) is -1.26. The van der Waals surface area contributed by atoms with Crippen LogP contribution in [0.3, 0.4) is 0 Å². The molecule has 1 rings (SSSR count). The Kier molecular flexibility index (Phi) is 7.20. The van der Waals surface area contributed by atoms with E-state index in [9.17, 15) is 14.4 Å². The molecule has 0 aromatic heterocycles. The Hall–Kier alpha value is -2.02. The van der Waals surface area contributed by atoms with Crippen LogP contribution >= 0.6 is 11.8 Å². The predicted molar refractivity (Wildman–Crippen MR) is 75.4 cm³/mol. The van der Waals surface area contributed by atoms with Gasteiger partial charge in [0.1, 0.15) is 6.54 Å². The average molecular weight is 296 g/mol. The van der Waals surface area contributed by atoms with E-state index in [1.54, 1.807) is 11.8 Å². The van der Waals surface area contributed by atoms with E-state index < -0.39 is 18.4 Å². The molecule has 20 heavy (non-hydrogen) atoms. The van der Waals surface area contributed by atoms with E-state index in [4.69, 9.17) is 5.11 Å². The van der Waals surface area contributed by atoms with Crippen molar-refractivity contribution in [1.82, 2.24) is 10.6 Å². The van der Waals surface area contributed by atoms with Gasteiger partial charge in [0, 0.05) is 17.1 Å². The lowest BCUT2D eigenvalue weighted by Gasteiger charge is -2.05. The van der Waals surface area contributed by atoms with E-state index in [-0.39, 0.29) is 12.5 Å². The first-order valence-corrected chi connectivity index (χ1v) is 6.99. The molecule has 0 bridgehead atoms. The van der Waals surface area contributed by atoms with Crippen LogP contribution in [-0.4, -0.2) is 41.7 Å². The number of carbonyl (C=O) groups is 3. The molecule has 0 radical (unpaired) electrons. The molecule has 3 N–H and O–H groups in total. The summed E-state index contributed by atoms with van der Waals surface area (Å²) < 4.78 is 0. The van der Waals surface area contributed by atoms with Crippen LogP contribution in [0.1, 0.15) is 6.42 Å². The van der Waals surface area contributed by atoms with Gasteiger partial charge in [0.05, 0.1) is 6.54 Å². The van der Waals surface area contributed by atoms with E-state index in [2.05, 4.69) is 10.6 Å². The largest absolute Gasteiger partial charge is 0.480 e. The van der Waals surface area contributed by atoms with Crippen molar-refractivity contribution < 1.29 is 19.5 Å². The number of aliphatic carboxylic acids is 1. The molecular weight excluding hydrogens is 280 g/mol. The van der Waals surface area contributed by atoms with Crippen LogP contribution in [-0.2, 0) is 14.4 Å². The van der Waals surface area contributed by atoms with Crippen LogP contribution in [0.5, 0.6) is 0 Å². The van der Waals surface area contributed by atoms with Crippen LogP contribution in [0.4, 0.5) is 0 Å². The summed E-state index contributed by atoms with van der Waals surface area (Å²) >= 11 is 1.56. The van der Waals surface area contributed by atoms with Crippen molar-refractivity contribution in [3.8, 4) is 0 Å². The number of carboxylic acid groups (broad SMARTS) is 1. The number of thioether (sulfide) groups is 1. The highest BCUT2D eigenvalue weighted by molar-refractivity contribution is 7.99. The Balaban J connectivity index is 2.11.